The lowest BCUT2D eigenvalue weighted by Crippen LogP contribution is -1.90. The van der Waals surface area contributed by atoms with Gasteiger partial charge in [-0.1, -0.05) is 12.2 Å². The van der Waals surface area contributed by atoms with Crippen LogP contribution < -0.4 is 4.74 Å². The zero-order valence-corrected chi connectivity index (χ0v) is 7.08. The quantitative estimate of drug-likeness (QED) is 0.626. The Morgan fingerprint density at radius 1 is 1.60 bits per heavy atom. The highest BCUT2D eigenvalue weighted by Crippen LogP contribution is 2.14. The van der Waals surface area contributed by atoms with Gasteiger partial charge in [-0.15, -0.1) is 0 Å². The Balaban J connectivity index is 3.31. The molecule has 0 saturated heterocycles. The topological polar surface area (TPSA) is 29.9 Å². The van der Waals surface area contributed by atoms with Crippen LogP contribution in [-0.2, 0) is 7.05 Å². The third-order valence-corrected chi connectivity index (χ3v) is 2.02. The molecule has 0 saturated carbocycles. The van der Waals surface area contributed by atoms with Gasteiger partial charge in [0.15, 0.2) is 0 Å². The first-order valence-electron chi connectivity index (χ1n) is 2.96. The van der Waals surface area contributed by atoms with Crippen molar-refractivity contribution in [2.24, 2.45) is 7.05 Å². The maximum absolute atomic E-state index is 5.03. The lowest BCUT2D eigenvalue weighted by atomic mass is 10.4. The van der Waals surface area contributed by atoms with Crippen molar-refractivity contribution >= 4 is 12.2 Å². The number of H-pyrrole nitrogens is 1. The van der Waals surface area contributed by atoms with Crippen LogP contribution in [0.15, 0.2) is 0 Å². The summed E-state index contributed by atoms with van der Waals surface area (Å²) in [7, 11) is 3.48. The highest BCUT2D eigenvalue weighted by molar-refractivity contribution is 7.71. The number of nitrogens with one attached hydrogen (secondary N) is 1. The second kappa shape index (κ2) is 2.46. The summed E-state index contributed by atoms with van der Waals surface area (Å²) in [6, 6.07) is 0. The summed E-state index contributed by atoms with van der Waals surface area (Å²) in [6.45, 7) is 1.93. The number of methoxy groups -OCH3 is 1. The predicted molar refractivity (Wildman–Crippen MR) is 41.9 cm³/mol. The van der Waals surface area contributed by atoms with Gasteiger partial charge in [0.25, 0.3) is 0 Å². The first-order valence-corrected chi connectivity index (χ1v) is 3.37. The molecule has 1 aromatic heterocycles. The van der Waals surface area contributed by atoms with Crippen LogP contribution in [0.1, 0.15) is 5.56 Å². The molecule has 0 aliphatic heterocycles. The first-order chi connectivity index (χ1) is 4.66. The van der Waals surface area contributed by atoms with Crippen molar-refractivity contribution in [1.29, 1.82) is 0 Å². The minimum absolute atomic E-state index is 0.743. The second-order valence-electron chi connectivity index (χ2n) is 2.13. The molecule has 10 heavy (non-hydrogen) atoms. The van der Waals surface area contributed by atoms with Crippen molar-refractivity contribution < 1.29 is 4.74 Å². The molecule has 0 amide bonds. The van der Waals surface area contributed by atoms with Crippen LogP contribution >= 0.6 is 12.2 Å². The number of nitrogens with zero attached hydrogens (tertiary/aromatic N) is 1. The molecule has 56 valence electrons. The number of hydrogen-bond acceptors (Lipinski definition) is 2. The maximum Gasteiger partial charge on any atom is 0.211 e. The van der Waals surface area contributed by atoms with E-state index in [2.05, 4.69) is 5.10 Å². The Hall–Kier alpha value is -0.770. The second-order valence-corrected chi connectivity index (χ2v) is 2.52. The standard InChI is InChI=1S/C6H10N2OS/c1-4-5(9-3)7-8(2)6(4)10/h7H,1-3H3. The molecule has 0 fully saturated rings. The van der Waals surface area contributed by atoms with E-state index in [1.807, 2.05) is 14.0 Å². The summed E-state index contributed by atoms with van der Waals surface area (Å²) in [4.78, 5) is 0. The van der Waals surface area contributed by atoms with Gasteiger partial charge < -0.3 is 4.74 Å². The van der Waals surface area contributed by atoms with Crippen LogP contribution in [-0.4, -0.2) is 16.9 Å². The molecule has 0 aromatic carbocycles. The highest BCUT2D eigenvalue weighted by Gasteiger charge is 2.02. The highest BCUT2D eigenvalue weighted by atomic mass is 32.1. The zero-order valence-electron chi connectivity index (χ0n) is 6.26. The van der Waals surface area contributed by atoms with Gasteiger partial charge in [-0.2, -0.15) is 0 Å². The average molecular weight is 158 g/mol. The van der Waals surface area contributed by atoms with E-state index in [4.69, 9.17) is 17.0 Å². The van der Waals surface area contributed by atoms with Crippen molar-refractivity contribution in [3.05, 3.63) is 10.2 Å². The van der Waals surface area contributed by atoms with E-state index in [1.165, 1.54) is 0 Å². The summed E-state index contributed by atoms with van der Waals surface area (Å²) in [5.41, 5.74) is 0.986. The molecular formula is C6H10N2OS. The normalized spacial score (nSPS) is 9.90. The number of ether oxygens (including phenoxy) is 1. The summed E-state index contributed by atoms with van der Waals surface area (Å²) in [5, 5.41) is 2.95. The number of aryl methyl sites for hydroxylation is 1. The van der Waals surface area contributed by atoms with Crippen LogP contribution in [0.4, 0.5) is 0 Å². The molecule has 0 unspecified atom stereocenters. The lowest BCUT2D eigenvalue weighted by molar-refractivity contribution is 0.389. The van der Waals surface area contributed by atoms with Crippen LogP contribution in [0, 0.1) is 11.6 Å². The Labute approximate surface area is 64.6 Å². The lowest BCUT2D eigenvalue weighted by Gasteiger charge is -1.93. The predicted octanol–water partition coefficient (Wildman–Crippen LogP) is 1.40. The van der Waals surface area contributed by atoms with Gasteiger partial charge in [0.05, 0.1) is 7.11 Å². The zero-order chi connectivity index (χ0) is 7.72. The van der Waals surface area contributed by atoms with E-state index in [9.17, 15) is 0 Å². The van der Waals surface area contributed by atoms with E-state index in [1.54, 1.807) is 11.8 Å². The van der Waals surface area contributed by atoms with Crippen molar-refractivity contribution in [2.45, 2.75) is 6.92 Å². The minimum atomic E-state index is 0.743. The number of hydrogen-bond donors (Lipinski definition) is 1. The van der Waals surface area contributed by atoms with Crippen LogP contribution in [0.3, 0.4) is 0 Å². The summed E-state index contributed by atoms with van der Waals surface area (Å²) >= 11 is 5.03. The van der Waals surface area contributed by atoms with Gasteiger partial charge >= 0.3 is 0 Å². The van der Waals surface area contributed by atoms with Gasteiger partial charge in [-0.05, 0) is 6.92 Å². The van der Waals surface area contributed by atoms with Crippen LogP contribution in [0.5, 0.6) is 5.88 Å². The molecule has 0 radical (unpaired) electrons. The summed E-state index contributed by atoms with van der Waals surface area (Å²) < 4.78 is 7.55. The molecule has 1 heterocycles. The summed E-state index contributed by atoms with van der Waals surface area (Å²) in [6.07, 6.45) is 0. The van der Waals surface area contributed by atoms with Gasteiger partial charge in [0.2, 0.25) is 5.88 Å². The molecule has 0 bridgehead atoms. The van der Waals surface area contributed by atoms with E-state index in [-0.39, 0.29) is 0 Å². The molecule has 1 N–H and O–H groups in total. The molecule has 0 spiro atoms. The average Bonchev–Trinajstić information content (AvgIpc) is 2.17. The molecule has 1 rings (SSSR count). The SMILES string of the molecule is COc1[nH]n(C)c(=S)c1C. The van der Waals surface area contributed by atoms with Crippen molar-refractivity contribution in [3.8, 4) is 5.88 Å². The van der Waals surface area contributed by atoms with Gasteiger partial charge in [0.1, 0.15) is 4.64 Å². The Morgan fingerprint density at radius 3 is 2.40 bits per heavy atom. The fraction of sp³-hybridized carbons (Fsp3) is 0.500. The van der Waals surface area contributed by atoms with E-state index < -0.39 is 0 Å². The van der Waals surface area contributed by atoms with Crippen molar-refractivity contribution in [3.63, 3.8) is 0 Å². The maximum atomic E-state index is 5.03. The molecule has 0 aliphatic carbocycles. The molecule has 1 aromatic rings. The number of aromatic amines is 1. The van der Waals surface area contributed by atoms with Gasteiger partial charge in [0, 0.05) is 12.6 Å². The molecular weight excluding hydrogens is 148 g/mol. The van der Waals surface area contributed by atoms with Crippen LogP contribution in [0.2, 0.25) is 0 Å². The molecule has 0 aliphatic rings. The van der Waals surface area contributed by atoms with E-state index in [0.29, 0.717) is 0 Å². The largest absolute Gasteiger partial charge is 0.481 e. The van der Waals surface area contributed by atoms with Crippen molar-refractivity contribution in [1.82, 2.24) is 9.78 Å². The Bertz CT molecular complexity index is 286. The smallest absolute Gasteiger partial charge is 0.211 e. The fourth-order valence-electron chi connectivity index (χ4n) is 0.834. The number of rotatable bonds is 1. The van der Waals surface area contributed by atoms with Gasteiger partial charge in [-0.25, -0.2) is 0 Å². The van der Waals surface area contributed by atoms with E-state index >= 15 is 0 Å². The molecule has 4 heteroatoms. The Kier molecular flexibility index (Phi) is 1.80. The van der Waals surface area contributed by atoms with Crippen LogP contribution in [0.25, 0.3) is 0 Å². The fourth-order valence-corrected chi connectivity index (χ4v) is 0.973. The van der Waals surface area contributed by atoms with Crippen molar-refractivity contribution in [2.75, 3.05) is 7.11 Å². The first kappa shape index (κ1) is 7.34. The third kappa shape index (κ3) is 0.945. The minimum Gasteiger partial charge on any atom is -0.481 e. The van der Waals surface area contributed by atoms with E-state index in [0.717, 1.165) is 16.1 Å². The van der Waals surface area contributed by atoms with Gasteiger partial charge in [-0.3, -0.25) is 9.78 Å². The third-order valence-electron chi connectivity index (χ3n) is 1.44. The molecule has 3 nitrogen and oxygen atoms in total. The molecule has 0 atom stereocenters. The monoisotopic (exact) mass is 158 g/mol. The number of aromatic nitrogens is 2. The Morgan fingerprint density at radius 2 is 2.20 bits per heavy atom. The summed E-state index contributed by atoms with van der Waals surface area (Å²) in [5.74, 6) is 0.743.